The van der Waals surface area contributed by atoms with E-state index in [4.69, 9.17) is 0 Å². The van der Waals surface area contributed by atoms with Crippen molar-refractivity contribution in [2.75, 3.05) is 263 Å². The highest BCUT2D eigenvalue weighted by Gasteiger charge is 2.24. The van der Waals surface area contributed by atoms with Crippen molar-refractivity contribution >= 4 is 0 Å². The van der Waals surface area contributed by atoms with Gasteiger partial charge in [0.25, 0.3) is 0 Å². The second-order valence-corrected chi connectivity index (χ2v) is 21.2. The molecule has 13 heteroatoms. The van der Waals surface area contributed by atoms with Gasteiger partial charge in [0.05, 0.1) is 0 Å². The molecule has 0 saturated heterocycles. The summed E-state index contributed by atoms with van der Waals surface area (Å²) < 4.78 is 0. The van der Waals surface area contributed by atoms with Crippen molar-refractivity contribution in [3.05, 3.63) is 0 Å². The quantitative estimate of drug-likeness (QED) is 0.0904. The van der Waals surface area contributed by atoms with Crippen molar-refractivity contribution in [1.29, 1.82) is 0 Å². The van der Waals surface area contributed by atoms with E-state index in [1.54, 1.807) is 0 Å². The Hall–Kier alpha value is -0.520. The number of hydrogen-bond donors (Lipinski definition) is 0. The fourth-order valence-electron chi connectivity index (χ4n) is 7.94. The largest absolute Gasteiger partial charge is 0.309 e. The monoisotopic (exact) mass is 828 g/mol. The lowest BCUT2D eigenvalue weighted by Gasteiger charge is -2.36. The molecule has 58 heavy (non-hydrogen) atoms. The molecule has 0 aromatic carbocycles. The van der Waals surface area contributed by atoms with Crippen LogP contribution in [0.2, 0.25) is 0 Å². The molecule has 0 aliphatic rings. The first kappa shape index (κ1) is 57.5. The van der Waals surface area contributed by atoms with Crippen LogP contribution in [0.15, 0.2) is 0 Å². The van der Waals surface area contributed by atoms with Gasteiger partial charge in [-0.1, -0.05) is 27.7 Å². The zero-order valence-corrected chi connectivity index (χ0v) is 42.8. The summed E-state index contributed by atoms with van der Waals surface area (Å²) in [6.07, 6.45) is 0. The highest BCUT2D eigenvalue weighted by Crippen LogP contribution is 2.18. The van der Waals surface area contributed by atoms with Crippen LogP contribution in [-0.2, 0) is 0 Å². The molecule has 0 aliphatic heterocycles. The van der Waals surface area contributed by atoms with Crippen LogP contribution in [0.1, 0.15) is 27.7 Å². The molecule has 0 aromatic rings. The predicted octanol–water partition coefficient (Wildman–Crippen LogP) is 1.41. The van der Waals surface area contributed by atoms with E-state index in [1.165, 1.54) is 0 Å². The maximum atomic E-state index is 2.78. The molecule has 0 saturated carbocycles. The van der Waals surface area contributed by atoms with Gasteiger partial charge >= 0.3 is 0 Å². The van der Waals surface area contributed by atoms with Crippen molar-refractivity contribution in [2.45, 2.75) is 27.7 Å². The van der Waals surface area contributed by atoms with Gasteiger partial charge in [-0.25, -0.2) is 0 Å². The Kier molecular flexibility index (Phi) is 31.1. The van der Waals surface area contributed by atoms with Gasteiger partial charge in [-0.2, -0.15) is 0 Å². The minimum Gasteiger partial charge on any atom is -0.309 e. The zero-order chi connectivity index (χ0) is 44.5. The summed E-state index contributed by atoms with van der Waals surface area (Å²) in [7, 11) is 33.3. The Morgan fingerprint density at radius 1 is 0.207 bits per heavy atom. The molecule has 0 aromatic heterocycles. The van der Waals surface area contributed by atoms with E-state index in [1.807, 2.05) is 0 Å². The minimum atomic E-state index is 0.253. The number of hydrogen-bond acceptors (Lipinski definition) is 13. The molecule has 0 bridgehead atoms. The van der Waals surface area contributed by atoms with Gasteiger partial charge in [-0.15, -0.1) is 0 Å². The minimum absolute atomic E-state index is 0.253. The summed E-state index contributed by atoms with van der Waals surface area (Å²) in [6, 6.07) is 0. The van der Waals surface area contributed by atoms with Crippen LogP contribution in [0.3, 0.4) is 0 Å². The fraction of sp³-hybridized carbons (Fsp3) is 1.00. The van der Waals surface area contributed by atoms with E-state index in [2.05, 4.69) is 197 Å². The van der Waals surface area contributed by atoms with Crippen molar-refractivity contribution < 1.29 is 0 Å². The summed E-state index contributed by atoms with van der Waals surface area (Å²) >= 11 is 0. The Morgan fingerprint density at radius 2 is 0.431 bits per heavy atom. The van der Waals surface area contributed by atoms with Gasteiger partial charge in [0, 0.05) is 157 Å². The van der Waals surface area contributed by atoms with Gasteiger partial charge < -0.3 is 49.0 Å². The van der Waals surface area contributed by atoms with Crippen LogP contribution in [-0.4, -0.2) is 326 Å². The molecule has 0 aliphatic carbocycles. The van der Waals surface area contributed by atoms with Gasteiger partial charge in [0.1, 0.15) is 0 Å². The first-order valence-corrected chi connectivity index (χ1v) is 22.7. The standard InChI is InChI=1S/C45H105N13/c1-44(2,40-50(13)14)42-54(19)28-34-57(38-36-55(29-21-47(7)8)30-22-48(9)10)39-37-56(32-25-52(17)24-20-46(5)6)33-26-53(18)27-35-58(31-23-49(11)12)43-45(3,4)41-51(15)16/h20-43H2,1-19H3. The molecule has 0 heterocycles. The zero-order valence-electron chi connectivity index (χ0n) is 42.8. The lowest BCUT2D eigenvalue weighted by molar-refractivity contribution is 0.117. The average molecular weight is 828 g/mol. The Balaban J connectivity index is 5.95. The number of likely N-dealkylation sites (N-methyl/N-ethyl adjacent to an activating group) is 7. The maximum Gasteiger partial charge on any atom is 0.0110 e. The van der Waals surface area contributed by atoms with Crippen LogP contribution in [0.5, 0.6) is 0 Å². The fourth-order valence-corrected chi connectivity index (χ4v) is 7.94. The van der Waals surface area contributed by atoms with Gasteiger partial charge in [-0.05, 0) is 117 Å². The van der Waals surface area contributed by atoms with E-state index < -0.39 is 0 Å². The average Bonchev–Trinajstić information content (AvgIpc) is 3.07. The van der Waals surface area contributed by atoms with Crippen LogP contribution < -0.4 is 0 Å². The number of nitrogens with zero attached hydrogens (tertiary/aromatic N) is 13. The molecule has 0 fully saturated rings. The number of rotatable bonds is 38. The first-order valence-electron chi connectivity index (χ1n) is 22.7. The molecule has 13 nitrogen and oxygen atoms in total. The maximum absolute atomic E-state index is 2.78. The van der Waals surface area contributed by atoms with E-state index in [0.717, 1.165) is 157 Å². The van der Waals surface area contributed by atoms with E-state index >= 15 is 0 Å². The Labute approximate surface area is 364 Å². The third-order valence-electron chi connectivity index (χ3n) is 11.0. The third kappa shape index (κ3) is 34.1. The van der Waals surface area contributed by atoms with Gasteiger partial charge in [0.15, 0.2) is 0 Å². The third-order valence-corrected chi connectivity index (χ3v) is 11.0. The van der Waals surface area contributed by atoms with Crippen LogP contribution in [0.4, 0.5) is 0 Å². The van der Waals surface area contributed by atoms with E-state index in [9.17, 15) is 0 Å². The second-order valence-electron chi connectivity index (χ2n) is 21.2. The van der Waals surface area contributed by atoms with Crippen molar-refractivity contribution in [2.24, 2.45) is 10.8 Å². The molecule has 0 atom stereocenters. The Morgan fingerprint density at radius 3 is 0.759 bits per heavy atom. The SMILES string of the molecule is CN(C)CCN(C)CCN(CCN(C)CCN(CCN(C)C)CC(C)(C)CN(C)C)CCN(CCN(C)CC(C)(C)CN(C)C)CCN(CCN(C)C)CCN(C)C. The highest BCUT2D eigenvalue weighted by molar-refractivity contribution is 4.79. The summed E-state index contributed by atoms with van der Waals surface area (Å²) in [4.78, 5) is 32.5. The van der Waals surface area contributed by atoms with Crippen molar-refractivity contribution in [1.82, 2.24) is 63.7 Å². The molecule has 0 N–H and O–H groups in total. The smallest absolute Gasteiger partial charge is 0.0110 e. The Bertz CT molecular complexity index is 947. The van der Waals surface area contributed by atoms with E-state index in [-0.39, 0.29) is 10.8 Å². The highest BCUT2D eigenvalue weighted by atomic mass is 15.3. The lowest BCUT2D eigenvalue weighted by Crippen LogP contribution is -2.47. The summed E-state index contributed by atoms with van der Waals surface area (Å²) in [5.41, 5.74) is 0.508. The van der Waals surface area contributed by atoms with Gasteiger partial charge in [0.2, 0.25) is 0 Å². The molecule has 0 rings (SSSR count). The summed E-state index contributed by atoms with van der Waals surface area (Å²) in [5, 5.41) is 0. The lowest BCUT2D eigenvalue weighted by atomic mass is 9.92. The molecular formula is C45H105N13. The molecule has 0 unspecified atom stereocenters. The summed E-state index contributed by atoms with van der Waals surface area (Å²) in [5.74, 6) is 0. The van der Waals surface area contributed by atoms with Crippen molar-refractivity contribution in [3.8, 4) is 0 Å². The summed E-state index contributed by atoms with van der Waals surface area (Å²) in [6.45, 7) is 36.2. The molecule has 0 radical (unpaired) electrons. The normalized spacial score (nSPS) is 13.7. The molecule has 0 amide bonds. The van der Waals surface area contributed by atoms with Crippen molar-refractivity contribution in [3.63, 3.8) is 0 Å². The molecule has 350 valence electrons. The van der Waals surface area contributed by atoms with Gasteiger partial charge in [-0.3, -0.25) is 14.7 Å². The second kappa shape index (κ2) is 31.3. The van der Waals surface area contributed by atoms with Crippen LogP contribution in [0.25, 0.3) is 0 Å². The van der Waals surface area contributed by atoms with Crippen LogP contribution in [0, 0.1) is 10.8 Å². The predicted molar refractivity (Wildman–Crippen MR) is 257 cm³/mol. The topological polar surface area (TPSA) is 42.1 Å². The van der Waals surface area contributed by atoms with Crippen LogP contribution >= 0.6 is 0 Å². The van der Waals surface area contributed by atoms with E-state index in [0.29, 0.717) is 0 Å². The first-order chi connectivity index (χ1) is 26.9. The molecule has 0 spiro atoms. The molecular weight excluding hydrogens is 723 g/mol.